The van der Waals surface area contributed by atoms with Gasteiger partial charge in [-0.1, -0.05) is 6.92 Å². The summed E-state index contributed by atoms with van der Waals surface area (Å²) < 4.78 is 5.32. The van der Waals surface area contributed by atoms with Gasteiger partial charge in [-0.3, -0.25) is 9.59 Å². The molecule has 6 heteroatoms. The number of aromatic nitrogens is 1. The highest BCUT2D eigenvalue weighted by Gasteiger charge is 2.24. The normalized spacial score (nSPS) is 12.3. The van der Waals surface area contributed by atoms with Crippen LogP contribution in [-0.2, 0) is 9.59 Å². The maximum absolute atomic E-state index is 11.8. The molecule has 0 fully saturated rings. The van der Waals surface area contributed by atoms with Gasteiger partial charge in [0.25, 0.3) is 0 Å². The predicted molar refractivity (Wildman–Crippen MR) is 68.8 cm³/mol. The van der Waals surface area contributed by atoms with Crippen LogP contribution in [0.5, 0.6) is 0 Å². The van der Waals surface area contributed by atoms with Gasteiger partial charge in [0.05, 0.1) is 0 Å². The molecule has 0 saturated carbocycles. The number of rotatable bonds is 4. The Balaban J connectivity index is 2.20. The molecule has 0 aliphatic heterocycles. The van der Waals surface area contributed by atoms with Crippen molar-refractivity contribution in [3.05, 3.63) is 24.1 Å². The van der Waals surface area contributed by atoms with Gasteiger partial charge >= 0.3 is 5.97 Å². The fourth-order valence-electron chi connectivity index (χ4n) is 1.82. The number of hydrogen-bond acceptors (Lipinski definition) is 4. The van der Waals surface area contributed by atoms with Crippen molar-refractivity contribution in [2.24, 2.45) is 5.92 Å². The van der Waals surface area contributed by atoms with Crippen molar-refractivity contribution in [2.45, 2.75) is 20.3 Å². The minimum atomic E-state index is -1.13. The maximum atomic E-state index is 11.8. The summed E-state index contributed by atoms with van der Waals surface area (Å²) in [7, 11) is 0. The number of hydrogen-bond donors (Lipinski definition) is 2. The fourth-order valence-corrected chi connectivity index (χ4v) is 1.82. The second-order valence-corrected chi connectivity index (χ2v) is 4.20. The third kappa shape index (κ3) is 2.73. The zero-order valence-corrected chi connectivity index (χ0v) is 10.6. The Morgan fingerprint density at radius 3 is 2.84 bits per heavy atom. The van der Waals surface area contributed by atoms with E-state index in [0.717, 1.165) is 0 Å². The van der Waals surface area contributed by atoms with Gasteiger partial charge in [0.2, 0.25) is 5.91 Å². The van der Waals surface area contributed by atoms with E-state index < -0.39 is 17.8 Å². The van der Waals surface area contributed by atoms with Crippen LogP contribution in [0.15, 0.2) is 22.6 Å². The first-order chi connectivity index (χ1) is 9.01. The monoisotopic (exact) mass is 262 g/mol. The number of nitrogens with zero attached hydrogens (tertiary/aromatic N) is 1. The molecule has 1 heterocycles. The molecule has 2 aromatic rings. The number of carboxylic acid groups (broad SMARTS) is 1. The minimum absolute atomic E-state index is 0.243. The number of carboxylic acids is 1. The minimum Gasteiger partial charge on any atom is -0.481 e. The van der Waals surface area contributed by atoms with Crippen molar-refractivity contribution in [1.29, 1.82) is 0 Å². The summed E-state index contributed by atoms with van der Waals surface area (Å²) >= 11 is 0. The standard InChI is InChI=1S/C13H14N2O4/c1-3-9(13(17)18)12(16)15-8-4-5-11-10(6-8)14-7(2)19-11/h4-6,9H,3H2,1-2H3,(H,15,16)(H,17,18). The molecule has 2 rings (SSSR count). The molecule has 100 valence electrons. The zero-order chi connectivity index (χ0) is 14.0. The zero-order valence-electron chi connectivity index (χ0n) is 10.6. The van der Waals surface area contributed by atoms with Crippen molar-refractivity contribution in [3.63, 3.8) is 0 Å². The van der Waals surface area contributed by atoms with Gasteiger partial charge in [0, 0.05) is 12.6 Å². The summed E-state index contributed by atoms with van der Waals surface area (Å²) in [5, 5.41) is 11.5. The average Bonchev–Trinajstić information content (AvgIpc) is 2.68. The van der Waals surface area contributed by atoms with Gasteiger partial charge in [-0.05, 0) is 24.6 Å². The van der Waals surface area contributed by atoms with Crippen molar-refractivity contribution in [1.82, 2.24) is 4.98 Å². The lowest BCUT2D eigenvalue weighted by atomic mass is 10.1. The van der Waals surface area contributed by atoms with E-state index in [1.807, 2.05) is 0 Å². The van der Waals surface area contributed by atoms with Crippen molar-refractivity contribution in [2.75, 3.05) is 5.32 Å². The van der Waals surface area contributed by atoms with Gasteiger partial charge in [-0.15, -0.1) is 0 Å². The first kappa shape index (κ1) is 13.1. The van der Waals surface area contributed by atoms with E-state index in [2.05, 4.69) is 10.3 Å². The van der Waals surface area contributed by atoms with Gasteiger partial charge in [0.15, 0.2) is 11.5 Å². The lowest BCUT2D eigenvalue weighted by molar-refractivity contribution is -0.145. The van der Waals surface area contributed by atoms with Crippen LogP contribution in [0.4, 0.5) is 5.69 Å². The van der Waals surface area contributed by atoms with E-state index in [4.69, 9.17) is 9.52 Å². The quantitative estimate of drug-likeness (QED) is 0.824. The predicted octanol–water partition coefficient (Wildman–Crippen LogP) is 2.19. The van der Waals surface area contributed by atoms with Crippen LogP contribution < -0.4 is 5.32 Å². The number of aliphatic carboxylic acids is 1. The molecule has 0 aliphatic carbocycles. The molecule has 1 aromatic heterocycles. The number of benzene rings is 1. The lowest BCUT2D eigenvalue weighted by Gasteiger charge is -2.10. The summed E-state index contributed by atoms with van der Waals surface area (Å²) in [5.74, 6) is -2.17. The molecule has 19 heavy (non-hydrogen) atoms. The number of nitrogens with one attached hydrogen (secondary N) is 1. The molecule has 2 N–H and O–H groups in total. The Labute approximate surface area is 109 Å². The molecular weight excluding hydrogens is 248 g/mol. The van der Waals surface area contributed by atoms with Crippen LogP contribution in [0.3, 0.4) is 0 Å². The SMILES string of the molecule is CCC(C(=O)O)C(=O)Nc1ccc2oc(C)nc2c1. The molecule has 0 aliphatic rings. The Kier molecular flexibility index (Phi) is 3.50. The number of amides is 1. The molecule has 1 atom stereocenters. The Morgan fingerprint density at radius 1 is 1.47 bits per heavy atom. The van der Waals surface area contributed by atoms with Gasteiger partial charge in [-0.2, -0.15) is 0 Å². The first-order valence-electron chi connectivity index (χ1n) is 5.92. The summed E-state index contributed by atoms with van der Waals surface area (Å²) in [6, 6.07) is 4.99. The Hall–Kier alpha value is -2.37. The van der Waals surface area contributed by atoms with E-state index in [9.17, 15) is 9.59 Å². The number of fused-ring (bicyclic) bond motifs is 1. The van der Waals surface area contributed by atoms with Crippen LogP contribution in [0.25, 0.3) is 11.1 Å². The summed E-state index contributed by atoms with van der Waals surface area (Å²) in [5.41, 5.74) is 1.75. The second kappa shape index (κ2) is 5.09. The van der Waals surface area contributed by atoms with Gasteiger partial charge < -0.3 is 14.8 Å². The van der Waals surface area contributed by atoms with Crippen LogP contribution in [0, 0.1) is 12.8 Å². The average molecular weight is 262 g/mol. The molecular formula is C13H14N2O4. The van der Waals surface area contributed by atoms with E-state index in [-0.39, 0.29) is 6.42 Å². The highest BCUT2D eigenvalue weighted by Crippen LogP contribution is 2.20. The molecule has 1 unspecified atom stereocenters. The summed E-state index contributed by atoms with van der Waals surface area (Å²) in [4.78, 5) is 26.8. The van der Waals surface area contributed by atoms with Crippen molar-refractivity contribution in [3.8, 4) is 0 Å². The number of carbonyl (C=O) groups excluding carboxylic acids is 1. The van der Waals surface area contributed by atoms with Gasteiger partial charge in [0.1, 0.15) is 11.4 Å². The number of anilines is 1. The van der Waals surface area contributed by atoms with Crippen LogP contribution in [0.1, 0.15) is 19.2 Å². The first-order valence-corrected chi connectivity index (χ1v) is 5.92. The van der Waals surface area contributed by atoms with Gasteiger partial charge in [-0.25, -0.2) is 4.98 Å². The molecule has 0 spiro atoms. The lowest BCUT2D eigenvalue weighted by Crippen LogP contribution is -2.28. The van der Waals surface area contributed by atoms with Crippen LogP contribution in [-0.4, -0.2) is 22.0 Å². The maximum Gasteiger partial charge on any atom is 0.316 e. The molecule has 0 saturated heterocycles. The number of carbonyl (C=O) groups is 2. The molecule has 6 nitrogen and oxygen atoms in total. The van der Waals surface area contributed by atoms with Crippen molar-refractivity contribution < 1.29 is 19.1 Å². The number of aryl methyl sites for hydroxylation is 1. The van der Waals surface area contributed by atoms with Crippen LogP contribution in [0.2, 0.25) is 0 Å². The van der Waals surface area contributed by atoms with E-state index >= 15 is 0 Å². The Bertz CT molecular complexity index is 633. The summed E-state index contributed by atoms with van der Waals surface area (Å²) in [6.07, 6.45) is 0.243. The smallest absolute Gasteiger partial charge is 0.316 e. The molecule has 1 amide bonds. The van der Waals surface area contributed by atoms with Crippen molar-refractivity contribution >= 4 is 28.7 Å². The molecule has 1 aromatic carbocycles. The number of oxazole rings is 1. The third-order valence-corrected chi connectivity index (χ3v) is 2.78. The highest BCUT2D eigenvalue weighted by atomic mass is 16.4. The largest absolute Gasteiger partial charge is 0.481 e. The highest BCUT2D eigenvalue weighted by molar-refractivity contribution is 6.04. The third-order valence-electron chi connectivity index (χ3n) is 2.78. The van der Waals surface area contributed by atoms with E-state index in [1.165, 1.54) is 0 Å². The second-order valence-electron chi connectivity index (χ2n) is 4.20. The fraction of sp³-hybridized carbons (Fsp3) is 0.308. The van der Waals surface area contributed by atoms with Crippen LogP contribution >= 0.6 is 0 Å². The van der Waals surface area contributed by atoms with E-state index in [1.54, 1.807) is 32.0 Å². The topological polar surface area (TPSA) is 92.4 Å². The molecule has 0 bridgehead atoms. The Morgan fingerprint density at radius 2 is 2.21 bits per heavy atom. The van der Waals surface area contributed by atoms with E-state index in [0.29, 0.717) is 22.7 Å². The summed E-state index contributed by atoms with van der Waals surface area (Å²) in [6.45, 7) is 3.39. The molecule has 0 radical (unpaired) electrons.